The molecule has 1 aliphatic heterocycles. The van der Waals surface area contributed by atoms with Crippen molar-refractivity contribution < 1.29 is 9.53 Å². The van der Waals surface area contributed by atoms with Crippen LogP contribution in [0.2, 0.25) is 0 Å². The third kappa shape index (κ3) is 5.25. The minimum atomic E-state index is -1.00. The number of amides is 1. The number of carbonyl (C=O) groups is 1. The van der Waals surface area contributed by atoms with Gasteiger partial charge in [0.15, 0.2) is 11.7 Å². The molecule has 2 aromatic rings. The van der Waals surface area contributed by atoms with E-state index in [1.165, 1.54) is 0 Å². The van der Waals surface area contributed by atoms with Crippen LogP contribution >= 0.6 is 0 Å². The van der Waals surface area contributed by atoms with Gasteiger partial charge in [0.1, 0.15) is 5.69 Å². The van der Waals surface area contributed by atoms with E-state index in [9.17, 15) is 10.1 Å². The van der Waals surface area contributed by atoms with Crippen molar-refractivity contribution in [3.63, 3.8) is 0 Å². The monoisotopic (exact) mass is 409 g/mol. The number of unbranched alkanes of at least 4 members (excludes halogenated alkanes) is 3. The fourth-order valence-electron chi connectivity index (χ4n) is 3.89. The number of hydrogen-bond acceptors (Lipinski definition) is 6. The van der Waals surface area contributed by atoms with Crippen LogP contribution in [0.1, 0.15) is 58.1 Å². The number of nitrogens with zero attached hydrogens (tertiary/aromatic N) is 4. The van der Waals surface area contributed by atoms with Gasteiger partial charge in [-0.3, -0.25) is 4.79 Å². The fraction of sp³-hybridized carbons (Fsp3) is 0.565. The molecule has 3 atom stereocenters. The van der Waals surface area contributed by atoms with Crippen molar-refractivity contribution in [2.24, 2.45) is 0 Å². The zero-order valence-electron chi connectivity index (χ0n) is 18.1. The van der Waals surface area contributed by atoms with E-state index in [4.69, 9.17) is 14.7 Å². The number of para-hydroxylation sites is 2. The zero-order chi connectivity index (χ0) is 21.5. The normalized spacial score (nSPS) is 20.0. The first-order valence-corrected chi connectivity index (χ1v) is 10.9. The molecule has 1 N–H and O–H groups in total. The van der Waals surface area contributed by atoms with Gasteiger partial charge < -0.3 is 15.0 Å². The van der Waals surface area contributed by atoms with Crippen molar-refractivity contribution >= 4 is 22.8 Å². The van der Waals surface area contributed by atoms with E-state index in [1.54, 1.807) is 0 Å². The molecule has 7 nitrogen and oxygen atoms in total. The highest BCUT2D eigenvalue weighted by Crippen LogP contribution is 2.29. The van der Waals surface area contributed by atoms with Gasteiger partial charge in [0, 0.05) is 19.6 Å². The van der Waals surface area contributed by atoms with E-state index in [1.807, 2.05) is 38.1 Å². The van der Waals surface area contributed by atoms with Gasteiger partial charge >= 0.3 is 0 Å². The van der Waals surface area contributed by atoms with E-state index in [0.717, 1.165) is 31.2 Å². The van der Waals surface area contributed by atoms with Crippen molar-refractivity contribution in [2.45, 2.75) is 64.6 Å². The summed E-state index contributed by atoms with van der Waals surface area (Å²) in [4.78, 5) is 24.5. The van der Waals surface area contributed by atoms with Crippen molar-refractivity contribution in [3.05, 3.63) is 30.0 Å². The molecule has 2 heterocycles. The van der Waals surface area contributed by atoms with E-state index in [2.05, 4.69) is 23.2 Å². The van der Waals surface area contributed by atoms with Crippen LogP contribution in [0, 0.1) is 11.3 Å². The van der Waals surface area contributed by atoms with Crippen LogP contribution in [0.3, 0.4) is 0 Å². The summed E-state index contributed by atoms with van der Waals surface area (Å²) >= 11 is 0. The molecule has 0 bridgehead atoms. The molecule has 1 aliphatic rings. The SMILES string of the molecule is CCCCCCNC(=O)[C@H](C#N)c1nc2ccccc2nc1N1C[C@H](C)O[C@@H](C)C1. The Morgan fingerprint density at radius 3 is 2.50 bits per heavy atom. The molecule has 1 aromatic heterocycles. The highest BCUT2D eigenvalue weighted by molar-refractivity contribution is 5.88. The summed E-state index contributed by atoms with van der Waals surface area (Å²) < 4.78 is 5.85. The summed E-state index contributed by atoms with van der Waals surface area (Å²) in [5.41, 5.74) is 1.85. The van der Waals surface area contributed by atoms with Gasteiger partial charge in [0.25, 0.3) is 0 Å². The molecule has 1 amide bonds. The van der Waals surface area contributed by atoms with Crippen LogP contribution in [0.4, 0.5) is 5.82 Å². The number of nitriles is 1. The van der Waals surface area contributed by atoms with Crippen LogP contribution in [0.25, 0.3) is 11.0 Å². The molecule has 0 unspecified atom stereocenters. The van der Waals surface area contributed by atoms with E-state index in [0.29, 0.717) is 36.7 Å². The molecule has 160 valence electrons. The Labute approximate surface area is 178 Å². The van der Waals surface area contributed by atoms with Gasteiger partial charge in [0.2, 0.25) is 5.91 Å². The van der Waals surface area contributed by atoms with Gasteiger partial charge in [-0.2, -0.15) is 5.26 Å². The molecule has 3 rings (SSSR count). The Hall–Kier alpha value is -2.72. The Morgan fingerprint density at radius 2 is 1.87 bits per heavy atom. The molecule has 1 saturated heterocycles. The average molecular weight is 410 g/mol. The molecular weight excluding hydrogens is 378 g/mol. The van der Waals surface area contributed by atoms with Crippen LogP contribution in [-0.4, -0.2) is 47.7 Å². The lowest BCUT2D eigenvalue weighted by Crippen LogP contribution is -2.46. The average Bonchev–Trinajstić information content (AvgIpc) is 2.73. The zero-order valence-corrected chi connectivity index (χ0v) is 18.1. The molecule has 0 aliphatic carbocycles. The van der Waals surface area contributed by atoms with Gasteiger partial charge in [-0.05, 0) is 32.4 Å². The van der Waals surface area contributed by atoms with Crippen LogP contribution in [0.5, 0.6) is 0 Å². The minimum absolute atomic E-state index is 0.0304. The third-order valence-corrected chi connectivity index (χ3v) is 5.29. The van der Waals surface area contributed by atoms with Crippen LogP contribution < -0.4 is 10.2 Å². The van der Waals surface area contributed by atoms with Gasteiger partial charge in [0.05, 0.1) is 29.3 Å². The number of carbonyl (C=O) groups excluding carboxylic acids is 1. The predicted molar refractivity (Wildman–Crippen MR) is 117 cm³/mol. The Morgan fingerprint density at radius 1 is 1.20 bits per heavy atom. The van der Waals surface area contributed by atoms with E-state index in [-0.39, 0.29) is 18.1 Å². The first-order chi connectivity index (χ1) is 14.5. The number of fused-ring (bicyclic) bond motifs is 1. The standard InChI is InChI=1S/C23H31N5O2/c1-4-5-6-9-12-25-23(29)18(13-24)21-22(28-14-16(2)30-17(3)15-28)27-20-11-8-7-10-19(20)26-21/h7-8,10-11,16-18H,4-6,9,12,14-15H2,1-3H3,(H,25,29)/t16-,17-,18+/m0/s1. The molecule has 1 aromatic carbocycles. The largest absolute Gasteiger partial charge is 0.372 e. The first kappa shape index (κ1) is 22.0. The summed E-state index contributed by atoms with van der Waals surface area (Å²) in [5.74, 6) is -0.714. The predicted octanol–water partition coefficient (Wildman–Crippen LogP) is 3.55. The van der Waals surface area contributed by atoms with E-state index >= 15 is 0 Å². The van der Waals surface area contributed by atoms with Gasteiger partial charge in [-0.1, -0.05) is 38.3 Å². The number of morpholine rings is 1. The maximum atomic E-state index is 12.9. The minimum Gasteiger partial charge on any atom is -0.372 e. The molecule has 30 heavy (non-hydrogen) atoms. The molecule has 0 spiro atoms. The van der Waals surface area contributed by atoms with Crippen molar-refractivity contribution in [1.29, 1.82) is 5.26 Å². The maximum Gasteiger partial charge on any atom is 0.243 e. The topological polar surface area (TPSA) is 91.1 Å². The van der Waals surface area contributed by atoms with Gasteiger partial charge in [-0.25, -0.2) is 9.97 Å². The summed E-state index contributed by atoms with van der Waals surface area (Å²) in [6.45, 7) is 8.03. The maximum absolute atomic E-state index is 12.9. The Kier molecular flexibility index (Phi) is 7.58. The second-order valence-electron chi connectivity index (χ2n) is 8.00. The molecule has 0 radical (unpaired) electrons. The number of ether oxygens (including phenoxy) is 1. The fourth-order valence-corrected chi connectivity index (χ4v) is 3.89. The number of nitrogens with one attached hydrogen (secondary N) is 1. The summed E-state index contributed by atoms with van der Waals surface area (Å²) in [5, 5.41) is 12.8. The van der Waals surface area contributed by atoms with Gasteiger partial charge in [-0.15, -0.1) is 0 Å². The highest BCUT2D eigenvalue weighted by atomic mass is 16.5. The number of hydrogen-bond donors (Lipinski definition) is 1. The number of benzene rings is 1. The molecule has 0 saturated carbocycles. The smallest absolute Gasteiger partial charge is 0.243 e. The third-order valence-electron chi connectivity index (χ3n) is 5.29. The summed E-state index contributed by atoms with van der Waals surface area (Å²) in [7, 11) is 0. The lowest BCUT2D eigenvalue weighted by Gasteiger charge is -2.37. The van der Waals surface area contributed by atoms with Crippen LogP contribution in [-0.2, 0) is 9.53 Å². The summed E-state index contributed by atoms with van der Waals surface area (Å²) in [6.07, 6.45) is 4.32. The molecule has 7 heteroatoms. The highest BCUT2D eigenvalue weighted by Gasteiger charge is 2.31. The quantitative estimate of drug-likeness (QED) is 0.671. The van der Waals surface area contributed by atoms with Crippen LogP contribution in [0.15, 0.2) is 24.3 Å². The number of anilines is 1. The molecule has 1 fully saturated rings. The second-order valence-corrected chi connectivity index (χ2v) is 8.00. The lowest BCUT2D eigenvalue weighted by molar-refractivity contribution is -0.121. The van der Waals surface area contributed by atoms with Crippen molar-refractivity contribution in [3.8, 4) is 6.07 Å². The molecular formula is C23H31N5O2. The number of rotatable bonds is 8. The second kappa shape index (κ2) is 10.4. The Bertz CT molecular complexity index is 900. The number of aromatic nitrogens is 2. The van der Waals surface area contributed by atoms with Crippen molar-refractivity contribution in [1.82, 2.24) is 15.3 Å². The van der Waals surface area contributed by atoms with Crippen molar-refractivity contribution in [2.75, 3.05) is 24.5 Å². The lowest BCUT2D eigenvalue weighted by atomic mass is 10.0. The first-order valence-electron chi connectivity index (χ1n) is 10.9. The van der Waals surface area contributed by atoms with E-state index < -0.39 is 5.92 Å². The summed E-state index contributed by atoms with van der Waals surface area (Å²) in [6, 6.07) is 9.72. The Balaban J connectivity index is 1.91.